The predicted octanol–water partition coefficient (Wildman–Crippen LogP) is 0.976. The second-order valence-corrected chi connectivity index (χ2v) is 12.5. The summed E-state index contributed by atoms with van der Waals surface area (Å²) in [5.41, 5.74) is 2.57. The summed E-state index contributed by atoms with van der Waals surface area (Å²) in [4.78, 5) is 117. The van der Waals surface area contributed by atoms with Crippen LogP contribution in [0.1, 0.15) is 16.7 Å². The van der Waals surface area contributed by atoms with E-state index in [0.717, 1.165) is 16.7 Å². The maximum absolute atomic E-state index is 11.5. The maximum atomic E-state index is 11.5. The first-order chi connectivity index (χ1) is 32.9. The van der Waals surface area contributed by atoms with Crippen molar-refractivity contribution < 1.29 is 121 Å². The van der Waals surface area contributed by atoms with E-state index in [2.05, 4.69) is 28.4 Å². The minimum atomic E-state index is -1.32. The van der Waals surface area contributed by atoms with Crippen molar-refractivity contribution in [2.45, 2.75) is 19.8 Å². The number of aliphatic carboxylic acids is 4. The van der Waals surface area contributed by atoms with Gasteiger partial charge in [-0.15, -0.1) is 11.6 Å². The Morgan fingerprint density at radius 2 is 0.536 bits per heavy atom. The SMILES string of the molecule is O=C(CCl)OCc1ccccc1.O=C(COCC(=O)OCC(=O)OCc1ccccc1)OCC(=O)OCc1ccccc1.O=C(O)COC(=O)COCC(=O)OCC(=O)O.O=C(O)COCC(=O)O. The van der Waals surface area contributed by atoms with Crippen LogP contribution < -0.4 is 0 Å². The fourth-order valence-corrected chi connectivity index (χ4v) is 3.80. The van der Waals surface area contributed by atoms with Crippen LogP contribution in [0.4, 0.5) is 0 Å². The molecule has 0 aliphatic rings. The Bertz CT molecular complexity index is 1930. The van der Waals surface area contributed by atoms with Crippen LogP contribution in [0.15, 0.2) is 91.0 Å². The molecule has 3 aromatic carbocycles. The number of rotatable bonds is 27. The molecule has 0 spiro atoms. The summed E-state index contributed by atoms with van der Waals surface area (Å²) in [5, 5.41) is 32.1. The lowest BCUT2D eigenvalue weighted by Crippen LogP contribution is -2.23. The summed E-state index contributed by atoms with van der Waals surface area (Å²) in [5.74, 6) is -10.5. The minimum absolute atomic E-state index is 0.0628. The maximum Gasteiger partial charge on any atom is 0.344 e. The van der Waals surface area contributed by atoms with E-state index >= 15 is 0 Å². The molecule has 26 heteroatoms. The van der Waals surface area contributed by atoms with E-state index < -0.39 is 126 Å². The highest BCUT2D eigenvalue weighted by molar-refractivity contribution is 6.26. The molecule has 0 amide bonds. The van der Waals surface area contributed by atoms with Gasteiger partial charge in [0, 0.05) is 0 Å². The minimum Gasteiger partial charge on any atom is -0.480 e. The first kappa shape index (κ1) is 61.0. The molecule has 0 radical (unpaired) electrons. The van der Waals surface area contributed by atoms with E-state index in [0.29, 0.717) is 6.61 Å². The highest BCUT2D eigenvalue weighted by Gasteiger charge is 2.14. The Morgan fingerprint density at radius 3 is 0.797 bits per heavy atom. The van der Waals surface area contributed by atoms with E-state index in [1.54, 1.807) is 48.5 Å². The third-order valence-electron chi connectivity index (χ3n) is 6.58. The molecule has 0 saturated heterocycles. The van der Waals surface area contributed by atoms with Crippen molar-refractivity contribution in [3.05, 3.63) is 108 Å². The van der Waals surface area contributed by atoms with Gasteiger partial charge in [-0.05, 0) is 16.7 Å². The molecule has 0 saturated carbocycles. The summed E-state index contributed by atoms with van der Waals surface area (Å²) >= 11 is 5.24. The number of halogens is 1. The van der Waals surface area contributed by atoms with E-state index in [4.69, 9.17) is 51.0 Å². The first-order valence-corrected chi connectivity index (χ1v) is 19.8. The molecule has 0 bridgehead atoms. The average Bonchev–Trinajstić information content (AvgIpc) is 3.33. The van der Waals surface area contributed by atoms with Crippen molar-refractivity contribution >= 4 is 77.3 Å². The van der Waals surface area contributed by atoms with Gasteiger partial charge in [-0.2, -0.15) is 0 Å². The fraction of sp³-hybridized carbons (Fsp3) is 0.326. The molecule has 0 aliphatic heterocycles. The number of ether oxygens (including phenoxy) is 10. The molecule has 69 heavy (non-hydrogen) atoms. The van der Waals surface area contributed by atoms with Crippen LogP contribution >= 0.6 is 11.6 Å². The standard InChI is InChI=1S/C22H22O9.C9H9ClO2.C8H10O9.C4H6O5/c23-19(30-15-21(25)28-11-17-7-3-1-4-8-17)13-27-14-20(24)31-16-22(26)29-12-18-9-5-2-6-10-18;10-6-9(11)12-7-8-4-2-1-3-5-8;9-5(10)1-16-7(13)3-15-4-8(14)17-2-6(11)12;5-3(6)1-9-2-4(7)8/h1-10H,11-16H2;1-5H,6-7H2;1-4H2,(H,9,10)(H,11,12);1-2H2,(H,5,6)(H,7,8). The molecular weight excluding hydrogens is 952 g/mol. The Balaban J connectivity index is 0.00000102. The van der Waals surface area contributed by atoms with Crippen molar-refractivity contribution in [1.29, 1.82) is 0 Å². The lowest BCUT2D eigenvalue weighted by molar-refractivity contribution is -0.166. The Hall–Kier alpha value is -8.00. The normalized spacial score (nSPS) is 9.64. The number of carbonyl (C=O) groups excluding carboxylic acids is 7. The number of hydrogen-bond donors (Lipinski definition) is 4. The highest BCUT2D eigenvalue weighted by Crippen LogP contribution is 2.03. The number of carbonyl (C=O) groups is 11. The largest absolute Gasteiger partial charge is 0.480 e. The Morgan fingerprint density at radius 1 is 0.304 bits per heavy atom. The summed E-state index contributed by atoms with van der Waals surface area (Å²) in [6.45, 7) is -5.85. The van der Waals surface area contributed by atoms with E-state index in [1.165, 1.54) is 0 Å². The summed E-state index contributed by atoms with van der Waals surface area (Å²) in [6.07, 6.45) is 0. The van der Waals surface area contributed by atoms with Gasteiger partial charge >= 0.3 is 65.7 Å². The van der Waals surface area contributed by atoms with Crippen molar-refractivity contribution in [1.82, 2.24) is 0 Å². The molecule has 25 nitrogen and oxygen atoms in total. The number of benzene rings is 3. The molecule has 0 aliphatic carbocycles. The van der Waals surface area contributed by atoms with Gasteiger partial charge in [-0.3, -0.25) is 4.79 Å². The lowest BCUT2D eigenvalue weighted by Gasteiger charge is -2.08. The zero-order valence-electron chi connectivity index (χ0n) is 36.3. The van der Waals surface area contributed by atoms with Gasteiger partial charge in [0.1, 0.15) is 65.3 Å². The molecule has 0 atom stereocenters. The molecule has 0 fully saturated rings. The van der Waals surface area contributed by atoms with Crippen LogP contribution in [0.2, 0.25) is 0 Å². The third-order valence-corrected chi connectivity index (χ3v) is 6.80. The summed E-state index contributed by atoms with van der Waals surface area (Å²) < 4.78 is 45.9. The fourth-order valence-electron chi connectivity index (χ4n) is 3.73. The van der Waals surface area contributed by atoms with Crippen molar-refractivity contribution in [3.63, 3.8) is 0 Å². The van der Waals surface area contributed by atoms with Gasteiger partial charge in [-0.1, -0.05) is 91.0 Å². The van der Waals surface area contributed by atoms with Crippen LogP contribution in [0, 0.1) is 0 Å². The van der Waals surface area contributed by atoms with Crippen molar-refractivity contribution in [2.24, 2.45) is 0 Å². The van der Waals surface area contributed by atoms with Crippen LogP contribution in [0.5, 0.6) is 0 Å². The van der Waals surface area contributed by atoms with Gasteiger partial charge in [0.25, 0.3) is 0 Å². The number of alkyl halides is 1. The monoisotopic (exact) mass is 998 g/mol. The van der Waals surface area contributed by atoms with Crippen molar-refractivity contribution in [2.75, 3.05) is 71.9 Å². The summed E-state index contributed by atoms with van der Waals surface area (Å²) in [6, 6.07) is 27.5. The van der Waals surface area contributed by atoms with Crippen LogP contribution in [0.3, 0.4) is 0 Å². The van der Waals surface area contributed by atoms with Crippen LogP contribution in [-0.2, 0) is 120 Å². The number of carboxylic acids is 4. The second kappa shape index (κ2) is 39.2. The van der Waals surface area contributed by atoms with Crippen LogP contribution in [-0.4, -0.2) is 158 Å². The van der Waals surface area contributed by atoms with Crippen molar-refractivity contribution in [3.8, 4) is 0 Å². The molecule has 0 heterocycles. The molecular formula is C43H47ClO25. The van der Waals surface area contributed by atoms with Gasteiger partial charge in [0.05, 0.1) is 0 Å². The smallest absolute Gasteiger partial charge is 0.344 e. The third kappa shape index (κ3) is 40.0. The average molecular weight is 999 g/mol. The van der Waals surface area contributed by atoms with E-state index in [1.807, 2.05) is 42.5 Å². The zero-order chi connectivity index (χ0) is 51.7. The summed E-state index contributed by atoms with van der Waals surface area (Å²) in [7, 11) is 0. The van der Waals surface area contributed by atoms with E-state index in [-0.39, 0.29) is 25.1 Å². The molecule has 376 valence electrons. The predicted molar refractivity (Wildman–Crippen MR) is 226 cm³/mol. The number of hydrogen-bond acceptors (Lipinski definition) is 21. The zero-order valence-corrected chi connectivity index (χ0v) is 37.1. The van der Waals surface area contributed by atoms with E-state index in [9.17, 15) is 52.7 Å². The molecule has 4 N–H and O–H groups in total. The van der Waals surface area contributed by atoms with Gasteiger partial charge in [0.2, 0.25) is 0 Å². The van der Waals surface area contributed by atoms with Gasteiger partial charge < -0.3 is 67.8 Å². The second-order valence-electron chi connectivity index (χ2n) is 12.3. The number of carboxylic acid groups (broad SMARTS) is 4. The highest BCUT2D eigenvalue weighted by atomic mass is 35.5. The molecule has 0 unspecified atom stereocenters. The Labute approximate surface area is 396 Å². The molecule has 3 aromatic rings. The number of esters is 7. The molecule has 3 rings (SSSR count). The first-order valence-electron chi connectivity index (χ1n) is 19.3. The topological polar surface area (TPSA) is 361 Å². The van der Waals surface area contributed by atoms with Crippen LogP contribution in [0.25, 0.3) is 0 Å². The molecule has 0 aromatic heterocycles. The quantitative estimate of drug-likeness (QED) is 0.0470. The van der Waals surface area contributed by atoms with Gasteiger partial charge in [-0.25, -0.2) is 47.9 Å². The Kier molecular flexibility index (Phi) is 34.6. The lowest BCUT2D eigenvalue weighted by atomic mass is 10.2. The van der Waals surface area contributed by atoms with Gasteiger partial charge in [0.15, 0.2) is 26.4 Å².